The summed E-state index contributed by atoms with van der Waals surface area (Å²) in [5, 5.41) is 5.86. The fourth-order valence-electron chi connectivity index (χ4n) is 3.02. The van der Waals surface area contributed by atoms with Gasteiger partial charge in [0.05, 0.1) is 32.2 Å². The van der Waals surface area contributed by atoms with Gasteiger partial charge in [-0.2, -0.15) is 4.31 Å². The summed E-state index contributed by atoms with van der Waals surface area (Å²) in [6, 6.07) is 3.97. The van der Waals surface area contributed by atoms with E-state index in [4.69, 9.17) is 11.6 Å². The van der Waals surface area contributed by atoms with E-state index in [1.54, 1.807) is 0 Å². The number of hydrogen-bond donors (Lipinski definition) is 1. The maximum Gasteiger partial charge on any atom is 0.253 e. The molecule has 1 unspecified atom stereocenters. The van der Waals surface area contributed by atoms with Crippen LogP contribution in [0.4, 0.5) is 0 Å². The molecule has 0 spiro atoms. The molecule has 146 valence electrons. The minimum absolute atomic E-state index is 0.0936. The first-order chi connectivity index (χ1) is 12.8. The van der Waals surface area contributed by atoms with E-state index in [-0.39, 0.29) is 21.5 Å². The van der Waals surface area contributed by atoms with Crippen LogP contribution < -0.4 is 5.32 Å². The predicted octanol–water partition coefficient (Wildman–Crippen LogP) is 3.77. The van der Waals surface area contributed by atoms with E-state index in [9.17, 15) is 13.2 Å². The maximum atomic E-state index is 12.9. The van der Waals surface area contributed by atoms with E-state index in [2.05, 4.69) is 10.3 Å². The average Bonchev–Trinajstić information content (AvgIpc) is 3.09. The van der Waals surface area contributed by atoms with Gasteiger partial charge >= 0.3 is 0 Å². The first-order valence-electron chi connectivity index (χ1n) is 8.81. The zero-order chi connectivity index (χ0) is 19.6. The van der Waals surface area contributed by atoms with Gasteiger partial charge in [-0.1, -0.05) is 18.0 Å². The molecular weight excluding hydrogens is 406 g/mol. The van der Waals surface area contributed by atoms with Crippen molar-refractivity contribution < 1.29 is 13.2 Å². The largest absolute Gasteiger partial charge is 0.344 e. The first-order valence-corrected chi connectivity index (χ1v) is 11.5. The Morgan fingerprint density at radius 3 is 2.63 bits per heavy atom. The van der Waals surface area contributed by atoms with E-state index in [1.807, 2.05) is 19.2 Å². The summed E-state index contributed by atoms with van der Waals surface area (Å²) in [4.78, 5) is 17.1. The summed E-state index contributed by atoms with van der Waals surface area (Å²) < 4.78 is 27.2. The Morgan fingerprint density at radius 1 is 1.30 bits per heavy atom. The van der Waals surface area contributed by atoms with Gasteiger partial charge in [0.25, 0.3) is 5.91 Å². The highest BCUT2D eigenvalue weighted by molar-refractivity contribution is 7.89. The van der Waals surface area contributed by atoms with Crippen molar-refractivity contribution in [3.05, 3.63) is 44.9 Å². The summed E-state index contributed by atoms with van der Waals surface area (Å²) in [6.45, 7) is 4.74. The Balaban J connectivity index is 1.83. The van der Waals surface area contributed by atoms with Crippen molar-refractivity contribution in [3.8, 4) is 0 Å². The highest BCUT2D eigenvalue weighted by Gasteiger charge is 2.27. The van der Waals surface area contributed by atoms with E-state index >= 15 is 0 Å². The third kappa shape index (κ3) is 4.51. The molecule has 27 heavy (non-hydrogen) atoms. The zero-order valence-corrected chi connectivity index (χ0v) is 17.6. The maximum absolute atomic E-state index is 12.9. The lowest BCUT2D eigenvalue weighted by molar-refractivity contribution is 0.0939. The van der Waals surface area contributed by atoms with Crippen molar-refractivity contribution in [2.75, 3.05) is 13.1 Å². The number of sulfonamides is 1. The molecule has 1 fully saturated rings. The second-order valence-corrected chi connectivity index (χ2v) is 10.0. The Kier molecular flexibility index (Phi) is 6.20. The molecule has 2 aromatic rings. The summed E-state index contributed by atoms with van der Waals surface area (Å²) in [5.74, 6) is -0.422. The lowest BCUT2D eigenvalue weighted by Gasteiger charge is -2.26. The highest BCUT2D eigenvalue weighted by Crippen LogP contribution is 2.26. The number of hydrogen-bond acceptors (Lipinski definition) is 5. The minimum atomic E-state index is -3.63. The van der Waals surface area contributed by atoms with Gasteiger partial charge in [0.2, 0.25) is 10.0 Å². The predicted molar refractivity (Wildman–Crippen MR) is 107 cm³/mol. The van der Waals surface area contributed by atoms with Crippen molar-refractivity contribution in [1.82, 2.24) is 14.6 Å². The summed E-state index contributed by atoms with van der Waals surface area (Å²) in [5.41, 5.74) is 0.910. The molecule has 1 aliphatic rings. The van der Waals surface area contributed by atoms with Gasteiger partial charge in [0.15, 0.2) is 0 Å². The van der Waals surface area contributed by atoms with Gasteiger partial charge in [-0.3, -0.25) is 4.79 Å². The Hall–Kier alpha value is -1.48. The Bertz CT molecular complexity index is 937. The fraction of sp³-hybridized carbons (Fsp3) is 0.444. The van der Waals surface area contributed by atoms with Crippen LogP contribution in [0.1, 0.15) is 53.3 Å². The van der Waals surface area contributed by atoms with E-state index in [0.29, 0.717) is 13.1 Å². The molecule has 1 N–H and O–H groups in total. The molecule has 1 aliphatic heterocycles. The fourth-order valence-corrected chi connectivity index (χ4v) is 5.47. The molecule has 2 heterocycles. The van der Waals surface area contributed by atoms with Crippen LogP contribution in [0.3, 0.4) is 0 Å². The molecule has 1 amide bonds. The van der Waals surface area contributed by atoms with Gasteiger partial charge in [-0.05, 0) is 44.9 Å². The molecule has 1 aromatic carbocycles. The number of nitrogens with one attached hydrogen (secondary N) is 1. The number of halogens is 1. The van der Waals surface area contributed by atoms with Crippen LogP contribution in [0.15, 0.2) is 28.5 Å². The van der Waals surface area contributed by atoms with Crippen molar-refractivity contribution in [3.63, 3.8) is 0 Å². The quantitative estimate of drug-likeness (QED) is 0.787. The monoisotopic (exact) mass is 427 g/mol. The molecule has 9 heteroatoms. The molecule has 1 saturated heterocycles. The van der Waals surface area contributed by atoms with Crippen LogP contribution in [0, 0.1) is 6.92 Å². The van der Waals surface area contributed by atoms with Gasteiger partial charge < -0.3 is 5.32 Å². The van der Waals surface area contributed by atoms with E-state index in [0.717, 1.165) is 30.0 Å². The standard InChI is InChI=1S/C18H22ClN3O3S2/c1-12(17-11-26-13(2)21-17)20-18(23)15-10-14(6-7-16(15)19)27(24,25)22-8-4-3-5-9-22/h6-7,10-12H,3-5,8-9H2,1-2H3,(H,20,23). The third-order valence-electron chi connectivity index (χ3n) is 4.56. The Labute approximate surface area is 168 Å². The van der Waals surface area contributed by atoms with Crippen LogP contribution >= 0.6 is 22.9 Å². The lowest BCUT2D eigenvalue weighted by atomic mass is 10.2. The molecule has 1 aromatic heterocycles. The number of nitrogens with zero attached hydrogens (tertiary/aromatic N) is 2. The molecule has 6 nitrogen and oxygen atoms in total. The lowest BCUT2D eigenvalue weighted by Crippen LogP contribution is -2.35. The molecule has 0 aliphatic carbocycles. The number of piperidine rings is 1. The SMILES string of the molecule is Cc1nc(C(C)NC(=O)c2cc(S(=O)(=O)N3CCCCC3)ccc2Cl)cs1. The zero-order valence-electron chi connectivity index (χ0n) is 15.2. The number of thiazole rings is 1. The second kappa shape index (κ2) is 8.26. The molecule has 1 atom stereocenters. The van der Waals surface area contributed by atoms with Gasteiger partial charge in [-0.15, -0.1) is 11.3 Å². The van der Waals surface area contributed by atoms with Crippen molar-refractivity contribution >= 4 is 38.9 Å². The van der Waals surface area contributed by atoms with Crippen molar-refractivity contribution in [1.29, 1.82) is 0 Å². The van der Waals surface area contributed by atoms with Crippen molar-refractivity contribution in [2.45, 2.75) is 44.0 Å². The summed E-state index contributed by atoms with van der Waals surface area (Å²) in [6.07, 6.45) is 2.74. The second-order valence-electron chi connectivity index (χ2n) is 6.59. The number of benzene rings is 1. The number of aromatic nitrogens is 1. The van der Waals surface area contributed by atoms with Crippen LogP contribution in [0.2, 0.25) is 5.02 Å². The normalized spacial score (nSPS) is 16.9. The van der Waals surface area contributed by atoms with Gasteiger partial charge in [0, 0.05) is 18.5 Å². The van der Waals surface area contributed by atoms with Crippen LogP contribution in [-0.4, -0.2) is 36.7 Å². The molecule has 0 bridgehead atoms. The number of aryl methyl sites for hydroxylation is 1. The summed E-state index contributed by atoms with van der Waals surface area (Å²) >= 11 is 7.68. The average molecular weight is 428 g/mol. The van der Waals surface area contributed by atoms with Gasteiger partial charge in [0.1, 0.15) is 0 Å². The van der Waals surface area contributed by atoms with E-state index in [1.165, 1.54) is 33.8 Å². The number of carbonyl (C=O) groups excluding carboxylic acids is 1. The molecule has 0 radical (unpaired) electrons. The smallest absolute Gasteiger partial charge is 0.253 e. The van der Waals surface area contributed by atoms with Crippen molar-refractivity contribution in [2.24, 2.45) is 0 Å². The van der Waals surface area contributed by atoms with Crippen LogP contribution in [-0.2, 0) is 10.0 Å². The number of rotatable bonds is 5. The molecular formula is C18H22ClN3O3S2. The van der Waals surface area contributed by atoms with Gasteiger partial charge in [-0.25, -0.2) is 13.4 Å². The number of carbonyl (C=O) groups is 1. The van der Waals surface area contributed by atoms with E-state index < -0.39 is 15.9 Å². The third-order valence-corrected chi connectivity index (χ3v) is 7.58. The highest BCUT2D eigenvalue weighted by atomic mass is 35.5. The Morgan fingerprint density at radius 2 is 2.00 bits per heavy atom. The topological polar surface area (TPSA) is 79.4 Å². The molecule has 0 saturated carbocycles. The summed E-state index contributed by atoms with van der Waals surface area (Å²) in [7, 11) is -3.63. The van der Waals surface area contributed by atoms with Crippen LogP contribution in [0.5, 0.6) is 0 Å². The van der Waals surface area contributed by atoms with Crippen LogP contribution in [0.25, 0.3) is 0 Å². The first kappa shape index (κ1) is 20.3. The molecule has 3 rings (SSSR count). The minimum Gasteiger partial charge on any atom is -0.344 e. The number of amides is 1.